The number of rotatable bonds is 6. The molecular weight excluding hydrogens is 319 g/mol. The number of carbonyl (C=O) groups excluding carboxylic acids is 1. The van der Waals surface area contributed by atoms with Crippen LogP contribution in [-0.4, -0.2) is 30.3 Å². The van der Waals surface area contributed by atoms with E-state index in [2.05, 4.69) is 4.74 Å². The molecule has 1 amide bonds. The number of halogens is 3. The van der Waals surface area contributed by atoms with Crippen LogP contribution in [0, 0.1) is 0 Å². The fourth-order valence-corrected chi connectivity index (χ4v) is 2.18. The van der Waals surface area contributed by atoms with Crippen molar-refractivity contribution in [1.29, 1.82) is 0 Å². The van der Waals surface area contributed by atoms with E-state index in [0.29, 0.717) is 6.42 Å². The third-order valence-corrected chi connectivity index (χ3v) is 3.35. The van der Waals surface area contributed by atoms with Crippen LogP contribution in [0.3, 0.4) is 0 Å². The number of benzene rings is 2. The van der Waals surface area contributed by atoms with Gasteiger partial charge in [-0.3, -0.25) is 0 Å². The summed E-state index contributed by atoms with van der Waals surface area (Å²) in [5.41, 5.74) is 1.83. The molecule has 0 N–H and O–H groups in total. The number of amides is 1. The lowest BCUT2D eigenvalue weighted by molar-refractivity contribution is -0.162. The lowest BCUT2D eigenvalue weighted by atomic mass is 10.1. The highest BCUT2D eigenvalue weighted by atomic mass is 19.4. The number of hydrogen-bond acceptors (Lipinski definition) is 2. The lowest BCUT2D eigenvalue weighted by Gasteiger charge is -2.22. The zero-order chi connectivity index (χ0) is 17.4. The van der Waals surface area contributed by atoms with Crippen molar-refractivity contribution in [3.8, 4) is 0 Å². The molecule has 24 heavy (non-hydrogen) atoms. The SMILES string of the molecule is O=C(OCC(F)(F)F)N(CCc1ccccc1)Cc1ccccc1. The third-order valence-electron chi connectivity index (χ3n) is 3.35. The number of nitrogens with zero attached hydrogens (tertiary/aromatic N) is 1. The van der Waals surface area contributed by atoms with Crippen molar-refractivity contribution in [3.63, 3.8) is 0 Å². The molecule has 128 valence electrons. The van der Waals surface area contributed by atoms with Gasteiger partial charge in [-0.15, -0.1) is 0 Å². The van der Waals surface area contributed by atoms with Crippen LogP contribution in [0.1, 0.15) is 11.1 Å². The fraction of sp³-hybridized carbons (Fsp3) is 0.278. The van der Waals surface area contributed by atoms with Crippen LogP contribution in [0.2, 0.25) is 0 Å². The Morgan fingerprint density at radius 2 is 1.46 bits per heavy atom. The van der Waals surface area contributed by atoms with E-state index in [4.69, 9.17) is 0 Å². The van der Waals surface area contributed by atoms with Crippen molar-refractivity contribution >= 4 is 6.09 Å². The van der Waals surface area contributed by atoms with Crippen molar-refractivity contribution in [2.45, 2.75) is 19.1 Å². The van der Waals surface area contributed by atoms with E-state index >= 15 is 0 Å². The van der Waals surface area contributed by atoms with Gasteiger partial charge in [0.1, 0.15) is 0 Å². The molecule has 6 heteroatoms. The summed E-state index contributed by atoms with van der Waals surface area (Å²) in [4.78, 5) is 13.3. The van der Waals surface area contributed by atoms with Crippen LogP contribution >= 0.6 is 0 Å². The molecule has 0 aliphatic heterocycles. The molecular formula is C18H18F3NO2. The van der Waals surface area contributed by atoms with E-state index in [1.165, 1.54) is 4.90 Å². The molecule has 0 heterocycles. The van der Waals surface area contributed by atoms with E-state index in [1.54, 1.807) is 0 Å². The number of alkyl halides is 3. The highest BCUT2D eigenvalue weighted by Crippen LogP contribution is 2.16. The maximum absolute atomic E-state index is 12.3. The van der Waals surface area contributed by atoms with E-state index < -0.39 is 18.9 Å². The second-order valence-corrected chi connectivity index (χ2v) is 5.31. The van der Waals surface area contributed by atoms with Gasteiger partial charge in [0.2, 0.25) is 0 Å². The van der Waals surface area contributed by atoms with Crippen LogP contribution < -0.4 is 0 Å². The van der Waals surface area contributed by atoms with Crippen LogP contribution in [0.25, 0.3) is 0 Å². The first-order chi connectivity index (χ1) is 11.4. The van der Waals surface area contributed by atoms with Gasteiger partial charge in [0.15, 0.2) is 6.61 Å². The zero-order valence-electron chi connectivity index (χ0n) is 13.0. The highest BCUT2D eigenvalue weighted by molar-refractivity contribution is 5.67. The Hall–Kier alpha value is -2.50. The van der Waals surface area contributed by atoms with Crippen LogP contribution in [0.5, 0.6) is 0 Å². The third kappa shape index (κ3) is 6.32. The summed E-state index contributed by atoms with van der Waals surface area (Å²) in [6.45, 7) is -1.11. The molecule has 0 unspecified atom stereocenters. The zero-order valence-corrected chi connectivity index (χ0v) is 13.0. The van der Waals surface area contributed by atoms with Crippen molar-refractivity contribution in [2.75, 3.05) is 13.2 Å². The molecule has 0 atom stereocenters. The van der Waals surface area contributed by atoms with Crippen LogP contribution in [0.4, 0.5) is 18.0 Å². The van der Waals surface area contributed by atoms with E-state index in [-0.39, 0.29) is 13.1 Å². The van der Waals surface area contributed by atoms with Crippen molar-refractivity contribution in [3.05, 3.63) is 71.8 Å². The van der Waals surface area contributed by atoms with Gasteiger partial charge < -0.3 is 9.64 Å². The lowest BCUT2D eigenvalue weighted by Crippen LogP contribution is -2.35. The molecule has 0 aromatic heterocycles. The normalized spacial score (nSPS) is 11.1. The molecule has 2 aromatic rings. The van der Waals surface area contributed by atoms with Gasteiger partial charge in [0.25, 0.3) is 0 Å². The fourth-order valence-electron chi connectivity index (χ4n) is 2.18. The minimum Gasteiger partial charge on any atom is -0.440 e. The molecule has 0 saturated carbocycles. The van der Waals surface area contributed by atoms with Gasteiger partial charge in [0.05, 0.1) is 0 Å². The molecule has 2 aromatic carbocycles. The Kier molecular flexibility index (Phi) is 6.23. The van der Waals surface area contributed by atoms with E-state index in [9.17, 15) is 18.0 Å². The smallest absolute Gasteiger partial charge is 0.422 e. The average molecular weight is 337 g/mol. The standard InChI is InChI=1S/C18H18F3NO2/c19-18(20,21)14-24-17(23)22(13-16-9-5-2-6-10-16)12-11-15-7-3-1-4-8-15/h1-10H,11-14H2. The largest absolute Gasteiger partial charge is 0.440 e. The Morgan fingerprint density at radius 3 is 2.00 bits per heavy atom. The van der Waals surface area contributed by atoms with Gasteiger partial charge in [-0.25, -0.2) is 4.79 Å². The Labute approximate surface area is 138 Å². The number of hydrogen-bond donors (Lipinski definition) is 0. The first-order valence-corrected chi connectivity index (χ1v) is 7.50. The minimum atomic E-state index is -4.53. The predicted octanol–water partition coefficient (Wildman–Crippen LogP) is 4.43. The average Bonchev–Trinajstić information content (AvgIpc) is 2.57. The number of carbonyl (C=O) groups is 1. The second kappa shape index (κ2) is 8.38. The molecule has 0 saturated heterocycles. The summed E-state index contributed by atoms with van der Waals surface area (Å²) in [6.07, 6.45) is -4.96. The summed E-state index contributed by atoms with van der Waals surface area (Å²) in [7, 11) is 0. The van der Waals surface area contributed by atoms with Crippen molar-refractivity contribution in [1.82, 2.24) is 4.90 Å². The summed E-state index contributed by atoms with van der Waals surface area (Å²) in [5, 5.41) is 0. The number of ether oxygens (including phenoxy) is 1. The maximum Gasteiger partial charge on any atom is 0.422 e. The van der Waals surface area contributed by atoms with Crippen LogP contribution in [0.15, 0.2) is 60.7 Å². The first kappa shape index (κ1) is 17.8. The molecule has 0 fully saturated rings. The molecule has 0 aliphatic rings. The molecule has 2 rings (SSSR count). The summed E-state index contributed by atoms with van der Waals surface area (Å²) < 4.78 is 41.2. The molecule has 0 aliphatic carbocycles. The summed E-state index contributed by atoms with van der Waals surface area (Å²) >= 11 is 0. The predicted molar refractivity (Wildman–Crippen MR) is 84.4 cm³/mol. The van der Waals surface area contributed by atoms with Gasteiger partial charge in [-0.05, 0) is 17.5 Å². The van der Waals surface area contributed by atoms with Gasteiger partial charge in [-0.2, -0.15) is 13.2 Å². The molecule has 0 bridgehead atoms. The topological polar surface area (TPSA) is 29.5 Å². The highest BCUT2D eigenvalue weighted by Gasteiger charge is 2.30. The van der Waals surface area contributed by atoms with Gasteiger partial charge in [-0.1, -0.05) is 60.7 Å². The van der Waals surface area contributed by atoms with E-state index in [0.717, 1.165) is 11.1 Å². The summed E-state index contributed by atoms with van der Waals surface area (Å²) in [6, 6.07) is 18.5. The monoisotopic (exact) mass is 337 g/mol. The maximum atomic E-state index is 12.3. The quantitative estimate of drug-likeness (QED) is 0.780. The van der Waals surface area contributed by atoms with E-state index in [1.807, 2.05) is 60.7 Å². The Bertz CT molecular complexity index is 630. The Morgan fingerprint density at radius 1 is 0.917 bits per heavy atom. The summed E-state index contributed by atoms with van der Waals surface area (Å²) in [5.74, 6) is 0. The molecule has 0 spiro atoms. The molecule has 0 radical (unpaired) electrons. The minimum absolute atomic E-state index is 0.199. The Balaban J connectivity index is 2.01. The van der Waals surface area contributed by atoms with Crippen molar-refractivity contribution < 1.29 is 22.7 Å². The second-order valence-electron chi connectivity index (χ2n) is 5.31. The van der Waals surface area contributed by atoms with Crippen LogP contribution in [-0.2, 0) is 17.7 Å². The van der Waals surface area contributed by atoms with Gasteiger partial charge >= 0.3 is 12.3 Å². The van der Waals surface area contributed by atoms with Crippen molar-refractivity contribution in [2.24, 2.45) is 0 Å². The first-order valence-electron chi connectivity index (χ1n) is 7.50. The molecule has 3 nitrogen and oxygen atoms in total. The van der Waals surface area contributed by atoms with Gasteiger partial charge in [0, 0.05) is 13.1 Å².